The largest absolute Gasteiger partial charge is 0.356 e. The van der Waals surface area contributed by atoms with Crippen LogP contribution in [0.3, 0.4) is 0 Å². The van der Waals surface area contributed by atoms with Gasteiger partial charge in [-0.2, -0.15) is 0 Å². The Morgan fingerprint density at radius 3 is 1.85 bits per heavy atom. The molecule has 0 aromatic rings. The molecule has 3 nitrogen and oxygen atoms in total. The lowest BCUT2D eigenvalue weighted by atomic mass is 9.99. The Labute approximate surface area is 170 Å². The van der Waals surface area contributed by atoms with E-state index in [1.165, 1.54) is 89.9 Å². The monoisotopic (exact) mass is 381 g/mol. The van der Waals surface area contributed by atoms with E-state index >= 15 is 0 Å². The number of nitrogens with one attached hydrogen (secondary N) is 1. The zero-order valence-electron chi connectivity index (χ0n) is 18.9. The first-order valence-corrected chi connectivity index (χ1v) is 12.0. The van der Waals surface area contributed by atoms with Gasteiger partial charge in [-0.25, -0.2) is 0 Å². The lowest BCUT2D eigenvalue weighted by molar-refractivity contribution is -0.870. The van der Waals surface area contributed by atoms with E-state index in [4.69, 9.17) is 0 Å². The Balaban J connectivity index is 1.74. The molecule has 1 saturated carbocycles. The van der Waals surface area contributed by atoms with E-state index in [9.17, 15) is 4.79 Å². The average molecular weight is 382 g/mol. The molecule has 27 heavy (non-hydrogen) atoms. The Kier molecular flexibility index (Phi) is 13.9. The third-order valence-electron chi connectivity index (χ3n) is 6.07. The number of quaternary nitrogens is 1. The van der Waals surface area contributed by atoms with Crippen LogP contribution < -0.4 is 5.32 Å². The van der Waals surface area contributed by atoms with E-state index in [1.807, 2.05) is 0 Å². The summed E-state index contributed by atoms with van der Waals surface area (Å²) in [6, 6.07) is 0. The molecule has 160 valence electrons. The van der Waals surface area contributed by atoms with E-state index in [0.717, 1.165) is 36.3 Å². The molecule has 1 amide bonds. The Morgan fingerprint density at radius 2 is 1.30 bits per heavy atom. The van der Waals surface area contributed by atoms with Gasteiger partial charge in [-0.3, -0.25) is 4.79 Å². The van der Waals surface area contributed by atoms with Gasteiger partial charge in [-0.1, -0.05) is 89.9 Å². The van der Waals surface area contributed by atoms with Gasteiger partial charge in [0.25, 0.3) is 0 Å². The first-order chi connectivity index (χ1) is 13.0. The molecule has 0 radical (unpaired) electrons. The Hall–Kier alpha value is -0.570. The molecule has 0 bridgehead atoms. The molecule has 0 saturated heterocycles. The van der Waals surface area contributed by atoms with E-state index in [1.54, 1.807) is 0 Å². The summed E-state index contributed by atoms with van der Waals surface area (Å²) in [5, 5.41) is 3.06. The van der Waals surface area contributed by atoms with Crippen LogP contribution in [0.25, 0.3) is 0 Å². The van der Waals surface area contributed by atoms with Crippen LogP contribution in [0.2, 0.25) is 0 Å². The molecule has 1 rings (SSSR count). The number of amides is 1. The SMILES string of the molecule is C[N+](C)(C)CCCNC(=O)CCCCCCCCCCCCC1CCCC1. The minimum atomic E-state index is 0.244. The second-order valence-electron chi connectivity index (χ2n) is 9.94. The van der Waals surface area contributed by atoms with Crippen molar-refractivity contribution in [1.82, 2.24) is 5.32 Å². The van der Waals surface area contributed by atoms with Crippen molar-refractivity contribution in [3.8, 4) is 0 Å². The topological polar surface area (TPSA) is 29.1 Å². The summed E-state index contributed by atoms with van der Waals surface area (Å²) < 4.78 is 0.969. The number of hydrogen-bond acceptors (Lipinski definition) is 1. The highest BCUT2D eigenvalue weighted by Crippen LogP contribution is 2.29. The summed E-state index contributed by atoms with van der Waals surface area (Å²) in [5.41, 5.74) is 0. The fourth-order valence-corrected chi connectivity index (χ4v) is 4.30. The van der Waals surface area contributed by atoms with Crippen molar-refractivity contribution in [1.29, 1.82) is 0 Å². The number of nitrogens with zero attached hydrogens (tertiary/aromatic N) is 1. The van der Waals surface area contributed by atoms with E-state index in [0.29, 0.717) is 6.42 Å². The molecule has 0 aliphatic heterocycles. The molecule has 1 aliphatic rings. The quantitative estimate of drug-likeness (QED) is 0.240. The van der Waals surface area contributed by atoms with Crippen LogP contribution in [0.4, 0.5) is 0 Å². The van der Waals surface area contributed by atoms with Crippen molar-refractivity contribution in [2.24, 2.45) is 5.92 Å². The van der Waals surface area contributed by atoms with Crippen molar-refractivity contribution >= 4 is 5.91 Å². The summed E-state index contributed by atoms with van der Waals surface area (Å²) in [6.07, 6.45) is 22.8. The summed E-state index contributed by atoms with van der Waals surface area (Å²) in [5.74, 6) is 1.32. The first-order valence-electron chi connectivity index (χ1n) is 12.0. The number of unbranched alkanes of at least 4 members (excludes halogenated alkanes) is 9. The zero-order chi connectivity index (χ0) is 19.8. The highest BCUT2D eigenvalue weighted by Gasteiger charge is 2.13. The van der Waals surface area contributed by atoms with Gasteiger partial charge in [-0.15, -0.1) is 0 Å². The lowest BCUT2D eigenvalue weighted by Crippen LogP contribution is -2.37. The van der Waals surface area contributed by atoms with Crippen LogP contribution in [0.1, 0.15) is 109 Å². The molecule has 0 aromatic carbocycles. The van der Waals surface area contributed by atoms with Gasteiger partial charge < -0.3 is 9.80 Å². The highest BCUT2D eigenvalue weighted by molar-refractivity contribution is 5.75. The first kappa shape index (κ1) is 24.5. The zero-order valence-corrected chi connectivity index (χ0v) is 18.9. The second kappa shape index (κ2) is 15.4. The normalized spacial score (nSPS) is 15.4. The van der Waals surface area contributed by atoms with Crippen LogP contribution >= 0.6 is 0 Å². The fourth-order valence-electron chi connectivity index (χ4n) is 4.30. The van der Waals surface area contributed by atoms with Gasteiger partial charge in [-0.05, 0) is 12.3 Å². The van der Waals surface area contributed by atoms with Crippen LogP contribution in [0.5, 0.6) is 0 Å². The fraction of sp³-hybridized carbons (Fsp3) is 0.958. The molecule has 0 spiro atoms. The summed E-state index contributed by atoms with van der Waals surface area (Å²) >= 11 is 0. The maximum atomic E-state index is 11.8. The molecular weight excluding hydrogens is 332 g/mol. The average Bonchev–Trinajstić information content (AvgIpc) is 3.12. The molecule has 3 heteroatoms. The summed E-state index contributed by atoms with van der Waals surface area (Å²) in [7, 11) is 6.58. The smallest absolute Gasteiger partial charge is 0.219 e. The van der Waals surface area contributed by atoms with Gasteiger partial charge in [0, 0.05) is 19.4 Å². The van der Waals surface area contributed by atoms with E-state index in [-0.39, 0.29) is 5.91 Å². The number of rotatable bonds is 17. The standard InChI is InChI=1S/C24H48N2O/c1-26(2,3)22-16-21-25-24(27)20-13-11-9-7-5-4-6-8-10-12-17-23-18-14-15-19-23/h23H,4-22H2,1-3H3/p+1. The predicted molar refractivity (Wildman–Crippen MR) is 118 cm³/mol. The van der Waals surface area contributed by atoms with Crippen molar-refractivity contribution < 1.29 is 9.28 Å². The van der Waals surface area contributed by atoms with E-state index < -0.39 is 0 Å². The second-order valence-corrected chi connectivity index (χ2v) is 9.94. The third kappa shape index (κ3) is 16.1. The molecule has 0 heterocycles. The third-order valence-corrected chi connectivity index (χ3v) is 6.07. The van der Waals surface area contributed by atoms with Crippen LogP contribution in [-0.2, 0) is 4.79 Å². The van der Waals surface area contributed by atoms with Crippen molar-refractivity contribution in [3.63, 3.8) is 0 Å². The van der Waals surface area contributed by atoms with Crippen molar-refractivity contribution in [2.45, 2.75) is 109 Å². The molecule has 0 unspecified atom stereocenters. The molecule has 1 aliphatic carbocycles. The number of hydrogen-bond donors (Lipinski definition) is 1. The van der Waals surface area contributed by atoms with Crippen molar-refractivity contribution in [3.05, 3.63) is 0 Å². The van der Waals surface area contributed by atoms with Gasteiger partial charge in [0.15, 0.2) is 0 Å². The molecular formula is C24H49N2O+. The minimum Gasteiger partial charge on any atom is -0.356 e. The number of carbonyl (C=O) groups is 1. The molecule has 0 atom stereocenters. The molecule has 1 fully saturated rings. The number of carbonyl (C=O) groups excluding carboxylic acids is 1. The maximum absolute atomic E-state index is 11.8. The molecule has 1 N–H and O–H groups in total. The highest BCUT2D eigenvalue weighted by atomic mass is 16.1. The Morgan fingerprint density at radius 1 is 0.778 bits per heavy atom. The van der Waals surface area contributed by atoms with Gasteiger partial charge >= 0.3 is 0 Å². The van der Waals surface area contributed by atoms with Crippen molar-refractivity contribution in [2.75, 3.05) is 34.2 Å². The van der Waals surface area contributed by atoms with E-state index in [2.05, 4.69) is 26.5 Å². The van der Waals surface area contributed by atoms with Crippen LogP contribution in [-0.4, -0.2) is 44.6 Å². The Bertz CT molecular complexity index is 356. The van der Waals surface area contributed by atoms with Crippen LogP contribution in [0.15, 0.2) is 0 Å². The summed E-state index contributed by atoms with van der Waals surface area (Å²) in [6.45, 7) is 1.94. The predicted octanol–water partition coefficient (Wildman–Crippen LogP) is 6.07. The van der Waals surface area contributed by atoms with Gasteiger partial charge in [0.05, 0.1) is 27.7 Å². The van der Waals surface area contributed by atoms with Crippen LogP contribution in [0, 0.1) is 5.92 Å². The molecule has 0 aromatic heterocycles. The van der Waals surface area contributed by atoms with Gasteiger partial charge in [0.1, 0.15) is 0 Å². The summed E-state index contributed by atoms with van der Waals surface area (Å²) in [4.78, 5) is 11.8. The minimum absolute atomic E-state index is 0.244. The lowest BCUT2D eigenvalue weighted by Gasteiger charge is -2.23. The van der Waals surface area contributed by atoms with Gasteiger partial charge in [0.2, 0.25) is 5.91 Å². The maximum Gasteiger partial charge on any atom is 0.219 e.